The molecule has 0 aromatic carbocycles. The Morgan fingerprint density at radius 2 is 2.21 bits per heavy atom. The second-order valence-electron chi connectivity index (χ2n) is 6.04. The Kier molecular flexibility index (Phi) is 6.45. The average molecular weight is 421 g/mol. The molecule has 0 bridgehead atoms. The summed E-state index contributed by atoms with van der Waals surface area (Å²) in [7, 11) is 1.55. The van der Waals surface area contributed by atoms with Crippen LogP contribution in [0.15, 0.2) is 28.0 Å². The molecule has 0 aliphatic carbocycles. The number of carbonyl (C=O) groups excluding carboxylic acids is 1. The van der Waals surface area contributed by atoms with Crippen LogP contribution in [0.1, 0.15) is 11.1 Å². The number of aliphatic hydroxyl groups is 1. The van der Waals surface area contributed by atoms with Crippen LogP contribution in [0.3, 0.4) is 0 Å². The lowest BCUT2D eigenvalue weighted by Gasteiger charge is -2.13. The van der Waals surface area contributed by atoms with Gasteiger partial charge in [0.1, 0.15) is 15.8 Å². The van der Waals surface area contributed by atoms with Gasteiger partial charge >= 0.3 is 0 Å². The van der Waals surface area contributed by atoms with E-state index in [2.05, 4.69) is 10.3 Å². The zero-order valence-electron chi connectivity index (χ0n) is 15.5. The Morgan fingerprint density at radius 1 is 1.43 bits per heavy atom. The lowest BCUT2D eigenvalue weighted by atomic mass is 10.2. The minimum Gasteiger partial charge on any atom is -0.395 e. The number of thioether (sulfide) groups is 1. The minimum atomic E-state index is -0.309. The van der Waals surface area contributed by atoms with E-state index in [0.29, 0.717) is 33.8 Å². The van der Waals surface area contributed by atoms with Crippen LogP contribution in [-0.2, 0) is 9.53 Å². The molecular formula is C18H20N4O4S2. The van der Waals surface area contributed by atoms with Gasteiger partial charge in [-0.3, -0.25) is 18.9 Å². The Bertz CT molecular complexity index is 1020. The fourth-order valence-corrected chi connectivity index (χ4v) is 4.05. The quantitative estimate of drug-likeness (QED) is 0.511. The third-order valence-electron chi connectivity index (χ3n) is 4.16. The van der Waals surface area contributed by atoms with Gasteiger partial charge in [0.15, 0.2) is 0 Å². The molecule has 3 rings (SSSR count). The maximum Gasteiger partial charge on any atom is 0.267 e. The van der Waals surface area contributed by atoms with Crippen LogP contribution >= 0.6 is 24.0 Å². The SMILES string of the molecule is COCCN1C(=O)C(=Cc2c(NCCO)nc3c(C)cccn3c2=O)SC1=S. The summed E-state index contributed by atoms with van der Waals surface area (Å²) in [6.45, 7) is 2.68. The maximum absolute atomic E-state index is 13.1. The van der Waals surface area contributed by atoms with Crippen molar-refractivity contribution in [2.75, 3.05) is 38.7 Å². The van der Waals surface area contributed by atoms with Crippen molar-refractivity contribution in [3.05, 3.63) is 44.7 Å². The molecule has 0 radical (unpaired) electrons. The van der Waals surface area contributed by atoms with E-state index < -0.39 is 0 Å². The van der Waals surface area contributed by atoms with Crippen molar-refractivity contribution in [3.8, 4) is 0 Å². The van der Waals surface area contributed by atoms with Crippen molar-refractivity contribution in [1.29, 1.82) is 0 Å². The number of carbonyl (C=O) groups is 1. The summed E-state index contributed by atoms with van der Waals surface area (Å²) < 4.78 is 6.88. The number of methoxy groups -OCH3 is 1. The van der Waals surface area contributed by atoms with Gasteiger partial charge in [0, 0.05) is 19.9 Å². The van der Waals surface area contributed by atoms with E-state index in [-0.39, 0.29) is 30.2 Å². The molecule has 2 aromatic rings. The van der Waals surface area contributed by atoms with E-state index in [1.165, 1.54) is 15.4 Å². The molecule has 1 saturated heterocycles. The number of pyridine rings is 1. The zero-order valence-corrected chi connectivity index (χ0v) is 17.1. The van der Waals surface area contributed by atoms with Crippen LogP contribution in [0.25, 0.3) is 11.7 Å². The van der Waals surface area contributed by atoms with Gasteiger partial charge in [-0.1, -0.05) is 30.0 Å². The number of aromatic nitrogens is 2. The van der Waals surface area contributed by atoms with Crippen molar-refractivity contribution in [3.63, 3.8) is 0 Å². The van der Waals surface area contributed by atoms with Crippen molar-refractivity contribution in [2.45, 2.75) is 6.92 Å². The number of nitrogens with zero attached hydrogens (tertiary/aromatic N) is 3. The molecule has 0 atom stereocenters. The first kappa shape index (κ1) is 20.5. The summed E-state index contributed by atoms with van der Waals surface area (Å²) in [5, 5.41) is 12.1. The summed E-state index contributed by atoms with van der Waals surface area (Å²) in [5.41, 5.74) is 1.28. The van der Waals surface area contributed by atoms with Crippen molar-refractivity contribution >= 4 is 51.7 Å². The van der Waals surface area contributed by atoms with Gasteiger partial charge in [0.25, 0.3) is 11.5 Å². The lowest BCUT2D eigenvalue weighted by molar-refractivity contribution is -0.122. The predicted molar refractivity (Wildman–Crippen MR) is 114 cm³/mol. The molecule has 2 aromatic heterocycles. The number of fused-ring (bicyclic) bond motifs is 1. The summed E-state index contributed by atoms with van der Waals surface area (Å²) in [6.07, 6.45) is 3.14. The Balaban J connectivity index is 2.10. The molecule has 1 amide bonds. The van der Waals surface area contributed by atoms with Gasteiger partial charge < -0.3 is 15.2 Å². The third-order valence-corrected chi connectivity index (χ3v) is 5.53. The molecule has 10 heteroatoms. The van der Waals surface area contributed by atoms with Crippen molar-refractivity contribution < 1.29 is 14.6 Å². The standard InChI is InChI=1S/C18H20N4O4S2/c1-11-4-3-6-21-15(11)20-14(19-5-8-23)12(16(21)24)10-13-17(25)22(7-9-26-2)18(27)28-13/h3-4,6,10,19,23H,5,7-9H2,1-2H3. The summed E-state index contributed by atoms with van der Waals surface area (Å²) in [6, 6.07) is 3.62. The van der Waals surface area contributed by atoms with E-state index >= 15 is 0 Å². The Hall–Kier alpha value is -2.27. The van der Waals surface area contributed by atoms with Crippen LogP contribution in [0.2, 0.25) is 0 Å². The number of hydrogen-bond donors (Lipinski definition) is 2. The molecule has 1 aliphatic rings. The molecule has 1 fully saturated rings. The number of aliphatic hydroxyl groups excluding tert-OH is 1. The normalized spacial score (nSPS) is 15.8. The topological polar surface area (TPSA) is 96.2 Å². The number of anilines is 1. The van der Waals surface area contributed by atoms with Gasteiger partial charge in [0.2, 0.25) is 0 Å². The second-order valence-corrected chi connectivity index (χ2v) is 7.72. The average Bonchev–Trinajstić information content (AvgIpc) is 2.94. The van der Waals surface area contributed by atoms with E-state index in [9.17, 15) is 9.59 Å². The zero-order chi connectivity index (χ0) is 20.3. The molecule has 8 nitrogen and oxygen atoms in total. The predicted octanol–water partition coefficient (Wildman–Crippen LogP) is 1.25. The number of ether oxygens (including phenoxy) is 1. The second kappa shape index (κ2) is 8.82. The molecule has 148 valence electrons. The highest BCUT2D eigenvalue weighted by atomic mass is 32.2. The molecule has 0 saturated carbocycles. The van der Waals surface area contributed by atoms with Crippen LogP contribution in [0.5, 0.6) is 0 Å². The van der Waals surface area contributed by atoms with Gasteiger partial charge in [-0.15, -0.1) is 0 Å². The number of rotatable bonds is 7. The van der Waals surface area contributed by atoms with Crippen molar-refractivity contribution in [2.24, 2.45) is 0 Å². The molecule has 3 heterocycles. The number of aryl methyl sites for hydroxylation is 1. The third kappa shape index (κ3) is 3.95. The molecule has 1 aliphatic heterocycles. The summed E-state index contributed by atoms with van der Waals surface area (Å²) in [4.78, 5) is 32.1. The first-order valence-corrected chi connectivity index (χ1v) is 9.81. The lowest BCUT2D eigenvalue weighted by Crippen LogP contribution is -2.31. The molecular weight excluding hydrogens is 400 g/mol. The highest BCUT2D eigenvalue weighted by Crippen LogP contribution is 2.32. The fourth-order valence-electron chi connectivity index (χ4n) is 2.76. The molecule has 0 spiro atoms. The van der Waals surface area contributed by atoms with Crippen LogP contribution < -0.4 is 10.9 Å². The van der Waals surface area contributed by atoms with Gasteiger partial charge in [-0.2, -0.15) is 0 Å². The van der Waals surface area contributed by atoms with Gasteiger partial charge in [0.05, 0.1) is 30.2 Å². The van der Waals surface area contributed by atoms with E-state index in [4.69, 9.17) is 22.1 Å². The van der Waals surface area contributed by atoms with E-state index in [1.54, 1.807) is 19.4 Å². The molecule has 2 N–H and O–H groups in total. The van der Waals surface area contributed by atoms with Crippen molar-refractivity contribution in [1.82, 2.24) is 14.3 Å². The largest absolute Gasteiger partial charge is 0.395 e. The number of thiocarbonyl (C=S) groups is 1. The molecule has 28 heavy (non-hydrogen) atoms. The first-order valence-electron chi connectivity index (χ1n) is 8.59. The Labute approximate surface area is 171 Å². The Morgan fingerprint density at radius 3 is 2.93 bits per heavy atom. The van der Waals surface area contributed by atoms with Crippen LogP contribution in [0.4, 0.5) is 5.82 Å². The van der Waals surface area contributed by atoms with Crippen LogP contribution in [0, 0.1) is 6.92 Å². The monoisotopic (exact) mass is 420 g/mol. The summed E-state index contributed by atoms with van der Waals surface area (Å²) >= 11 is 6.42. The van der Waals surface area contributed by atoms with E-state index in [0.717, 1.165) is 17.3 Å². The number of amides is 1. The van der Waals surface area contributed by atoms with Crippen LogP contribution in [-0.4, -0.2) is 63.0 Å². The molecule has 0 unspecified atom stereocenters. The number of hydrogen-bond acceptors (Lipinski definition) is 8. The van der Waals surface area contributed by atoms with E-state index in [1.807, 2.05) is 13.0 Å². The number of nitrogens with one attached hydrogen (secondary N) is 1. The maximum atomic E-state index is 13.1. The highest BCUT2D eigenvalue weighted by Gasteiger charge is 2.32. The first-order chi connectivity index (χ1) is 13.5. The fraction of sp³-hybridized carbons (Fsp3) is 0.333. The highest BCUT2D eigenvalue weighted by molar-refractivity contribution is 8.26. The van der Waals surface area contributed by atoms with Gasteiger partial charge in [-0.05, 0) is 24.6 Å². The van der Waals surface area contributed by atoms with Gasteiger partial charge in [-0.25, -0.2) is 4.98 Å². The summed E-state index contributed by atoms with van der Waals surface area (Å²) in [5.74, 6) is 0.0457. The minimum absolute atomic E-state index is 0.118. The smallest absolute Gasteiger partial charge is 0.267 e.